The average Bonchev–Trinajstić information content (AvgIpc) is 3.25. The third-order valence-electron chi connectivity index (χ3n) is 6.31. The van der Waals surface area contributed by atoms with Crippen molar-refractivity contribution in [2.24, 2.45) is 5.73 Å². The summed E-state index contributed by atoms with van der Waals surface area (Å²) in [5.41, 5.74) is 9.33. The van der Waals surface area contributed by atoms with Crippen molar-refractivity contribution in [1.82, 2.24) is 15.0 Å². The molecule has 8 nitrogen and oxygen atoms in total. The van der Waals surface area contributed by atoms with E-state index in [1.54, 1.807) is 32.0 Å². The molecule has 180 valence electrons. The number of imidazole rings is 1. The molecule has 35 heavy (non-hydrogen) atoms. The Labute approximate surface area is 208 Å². The number of halogens is 1. The van der Waals surface area contributed by atoms with Gasteiger partial charge in [0.1, 0.15) is 5.75 Å². The summed E-state index contributed by atoms with van der Waals surface area (Å²) in [6.45, 7) is 6.78. The number of fused-ring (bicyclic) bond motifs is 1. The standard InChI is InChI=1S/C26H26ClN5O3/c1-26(2,24(28)33)17-4-3-5-19(14-17)35-25-29-21-15-20(27)22(30-23(21)31-25)16-6-8-18(9-7-16)32-10-12-34-13-11-32/h3-9,14-15H,10-13H2,1-2H3,(H2,28,33)(H,29,30,31). The first-order chi connectivity index (χ1) is 16.8. The number of morpholine rings is 1. The molecule has 1 saturated heterocycles. The van der Waals surface area contributed by atoms with Crippen LogP contribution in [0.2, 0.25) is 5.02 Å². The molecular weight excluding hydrogens is 466 g/mol. The maximum atomic E-state index is 11.8. The van der Waals surface area contributed by atoms with Gasteiger partial charge in [0.2, 0.25) is 5.91 Å². The Morgan fingerprint density at radius 1 is 1.11 bits per heavy atom. The monoisotopic (exact) mass is 491 g/mol. The predicted molar refractivity (Wildman–Crippen MR) is 136 cm³/mol. The highest BCUT2D eigenvalue weighted by atomic mass is 35.5. The second-order valence-electron chi connectivity index (χ2n) is 9.00. The zero-order chi connectivity index (χ0) is 24.6. The lowest BCUT2D eigenvalue weighted by Crippen LogP contribution is -2.36. The number of nitrogens with two attached hydrogens (primary N) is 1. The van der Waals surface area contributed by atoms with Crippen LogP contribution in [0, 0.1) is 0 Å². The van der Waals surface area contributed by atoms with E-state index in [-0.39, 0.29) is 6.01 Å². The van der Waals surface area contributed by atoms with E-state index >= 15 is 0 Å². The first-order valence-electron chi connectivity index (χ1n) is 11.4. The van der Waals surface area contributed by atoms with Crippen molar-refractivity contribution >= 4 is 34.4 Å². The number of primary amides is 1. The van der Waals surface area contributed by atoms with Gasteiger partial charge in [-0.3, -0.25) is 4.79 Å². The molecule has 0 spiro atoms. The number of carbonyl (C=O) groups is 1. The molecule has 3 N–H and O–H groups in total. The van der Waals surface area contributed by atoms with Crippen molar-refractivity contribution in [3.05, 3.63) is 65.2 Å². The summed E-state index contributed by atoms with van der Waals surface area (Å²) in [5.74, 6) is 0.114. The molecule has 5 rings (SSSR count). The molecule has 0 atom stereocenters. The number of carbonyl (C=O) groups excluding carboxylic acids is 1. The fourth-order valence-corrected chi connectivity index (χ4v) is 4.26. The molecule has 1 fully saturated rings. The molecular formula is C26H26ClN5O3. The molecule has 0 unspecified atom stereocenters. The number of benzene rings is 2. The van der Waals surface area contributed by atoms with E-state index in [0.717, 1.165) is 43.1 Å². The van der Waals surface area contributed by atoms with E-state index in [0.29, 0.717) is 27.6 Å². The van der Waals surface area contributed by atoms with Crippen LogP contribution in [0.4, 0.5) is 5.69 Å². The van der Waals surface area contributed by atoms with Crippen molar-refractivity contribution in [1.29, 1.82) is 0 Å². The molecule has 1 amide bonds. The highest BCUT2D eigenvalue weighted by molar-refractivity contribution is 6.33. The zero-order valence-corrected chi connectivity index (χ0v) is 20.3. The molecule has 1 aliphatic rings. The molecule has 2 aromatic carbocycles. The minimum atomic E-state index is -0.825. The number of aromatic nitrogens is 3. The van der Waals surface area contributed by atoms with Crippen LogP contribution in [-0.4, -0.2) is 47.2 Å². The number of hydrogen-bond donors (Lipinski definition) is 2. The normalized spacial score (nSPS) is 14.3. The number of H-pyrrole nitrogens is 1. The molecule has 0 aliphatic carbocycles. The third kappa shape index (κ3) is 4.67. The van der Waals surface area contributed by atoms with E-state index in [1.165, 1.54) is 0 Å². The summed E-state index contributed by atoms with van der Waals surface area (Å²) in [5, 5.41) is 0.511. The number of nitrogens with one attached hydrogen (secondary N) is 1. The van der Waals surface area contributed by atoms with Gasteiger partial charge in [-0.25, -0.2) is 4.98 Å². The Hall–Kier alpha value is -3.62. The Morgan fingerprint density at radius 2 is 1.86 bits per heavy atom. The van der Waals surface area contributed by atoms with Gasteiger partial charge in [0.05, 0.1) is 34.9 Å². The second-order valence-corrected chi connectivity index (χ2v) is 9.40. The molecule has 9 heteroatoms. The van der Waals surface area contributed by atoms with Gasteiger partial charge in [0, 0.05) is 24.3 Å². The van der Waals surface area contributed by atoms with Crippen LogP contribution < -0.4 is 15.4 Å². The molecule has 4 aromatic rings. The number of anilines is 1. The van der Waals surface area contributed by atoms with E-state index in [9.17, 15) is 4.79 Å². The van der Waals surface area contributed by atoms with Crippen molar-refractivity contribution in [2.75, 3.05) is 31.2 Å². The van der Waals surface area contributed by atoms with Gasteiger partial charge < -0.3 is 25.1 Å². The highest BCUT2D eigenvalue weighted by Gasteiger charge is 2.27. The number of ether oxygens (including phenoxy) is 2. The summed E-state index contributed by atoms with van der Waals surface area (Å²) in [6.07, 6.45) is 0. The highest BCUT2D eigenvalue weighted by Crippen LogP contribution is 2.32. The average molecular weight is 492 g/mol. The van der Waals surface area contributed by atoms with E-state index in [2.05, 4.69) is 32.0 Å². The topological polar surface area (TPSA) is 106 Å². The van der Waals surface area contributed by atoms with E-state index in [4.69, 9.17) is 26.8 Å². The summed E-state index contributed by atoms with van der Waals surface area (Å²) in [6, 6.07) is 17.5. The maximum absolute atomic E-state index is 11.8. The van der Waals surface area contributed by atoms with Crippen LogP contribution in [0.25, 0.3) is 22.4 Å². The smallest absolute Gasteiger partial charge is 0.301 e. The van der Waals surface area contributed by atoms with Gasteiger partial charge >= 0.3 is 6.01 Å². The first-order valence-corrected chi connectivity index (χ1v) is 11.8. The number of pyridine rings is 1. The summed E-state index contributed by atoms with van der Waals surface area (Å²) in [4.78, 5) is 26.4. The van der Waals surface area contributed by atoms with Gasteiger partial charge in [-0.05, 0) is 49.7 Å². The van der Waals surface area contributed by atoms with Crippen LogP contribution in [0.5, 0.6) is 11.8 Å². The van der Waals surface area contributed by atoms with Crippen molar-refractivity contribution in [3.63, 3.8) is 0 Å². The fourth-order valence-electron chi connectivity index (χ4n) is 4.00. The Kier molecular flexibility index (Phi) is 6.08. The summed E-state index contributed by atoms with van der Waals surface area (Å²) < 4.78 is 11.4. The minimum Gasteiger partial charge on any atom is -0.426 e. The zero-order valence-electron chi connectivity index (χ0n) is 19.5. The van der Waals surface area contributed by atoms with Gasteiger partial charge in [-0.2, -0.15) is 4.98 Å². The number of nitrogens with zero attached hydrogens (tertiary/aromatic N) is 3. The number of aromatic amines is 1. The fraction of sp³-hybridized carbons (Fsp3) is 0.269. The van der Waals surface area contributed by atoms with E-state index < -0.39 is 11.3 Å². The number of rotatable bonds is 6. The van der Waals surface area contributed by atoms with Gasteiger partial charge in [-0.15, -0.1) is 0 Å². The van der Waals surface area contributed by atoms with Crippen LogP contribution in [0.15, 0.2) is 54.6 Å². The Balaban J connectivity index is 1.40. The lowest BCUT2D eigenvalue weighted by Gasteiger charge is -2.28. The van der Waals surface area contributed by atoms with Gasteiger partial charge in [0.25, 0.3) is 0 Å². The van der Waals surface area contributed by atoms with Crippen molar-refractivity contribution < 1.29 is 14.3 Å². The molecule has 0 radical (unpaired) electrons. The summed E-state index contributed by atoms with van der Waals surface area (Å²) in [7, 11) is 0. The SMILES string of the molecule is CC(C)(C(N)=O)c1cccc(Oc2nc3nc(-c4ccc(N5CCOCC5)cc4)c(Cl)cc3[nH]2)c1. The van der Waals surface area contributed by atoms with Crippen LogP contribution >= 0.6 is 11.6 Å². The van der Waals surface area contributed by atoms with Gasteiger partial charge in [-0.1, -0.05) is 35.9 Å². The molecule has 0 bridgehead atoms. The van der Waals surface area contributed by atoms with Gasteiger partial charge in [0.15, 0.2) is 5.65 Å². The lowest BCUT2D eigenvalue weighted by molar-refractivity contribution is -0.122. The first kappa shape index (κ1) is 23.1. The molecule has 2 aromatic heterocycles. The predicted octanol–water partition coefficient (Wildman–Crippen LogP) is 4.67. The Bertz CT molecular complexity index is 1380. The molecule has 1 aliphatic heterocycles. The third-order valence-corrected chi connectivity index (χ3v) is 6.60. The maximum Gasteiger partial charge on any atom is 0.301 e. The number of amides is 1. The molecule has 3 heterocycles. The second kappa shape index (κ2) is 9.20. The Morgan fingerprint density at radius 3 is 2.57 bits per heavy atom. The quantitative estimate of drug-likeness (QED) is 0.406. The summed E-state index contributed by atoms with van der Waals surface area (Å²) >= 11 is 6.57. The lowest BCUT2D eigenvalue weighted by atomic mass is 9.84. The minimum absolute atomic E-state index is 0.275. The molecule has 0 saturated carbocycles. The van der Waals surface area contributed by atoms with Crippen LogP contribution in [0.3, 0.4) is 0 Å². The largest absolute Gasteiger partial charge is 0.426 e. The van der Waals surface area contributed by atoms with Crippen LogP contribution in [-0.2, 0) is 14.9 Å². The van der Waals surface area contributed by atoms with Crippen LogP contribution in [0.1, 0.15) is 19.4 Å². The number of hydrogen-bond acceptors (Lipinski definition) is 6. The van der Waals surface area contributed by atoms with Crippen molar-refractivity contribution in [2.45, 2.75) is 19.3 Å². The van der Waals surface area contributed by atoms with E-state index in [1.807, 2.05) is 24.3 Å². The van der Waals surface area contributed by atoms with Crippen molar-refractivity contribution in [3.8, 4) is 23.0 Å².